The number of piperazine rings is 1. The van der Waals surface area contributed by atoms with Crippen molar-refractivity contribution in [1.29, 1.82) is 0 Å². The summed E-state index contributed by atoms with van der Waals surface area (Å²) in [5.74, 6) is 0.648. The van der Waals surface area contributed by atoms with E-state index in [1.165, 1.54) is 19.3 Å². The van der Waals surface area contributed by atoms with Gasteiger partial charge in [-0.3, -0.25) is 4.90 Å². The molecule has 3 N–H and O–H groups in total. The van der Waals surface area contributed by atoms with Gasteiger partial charge in [-0.15, -0.1) is 0 Å². The van der Waals surface area contributed by atoms with Gasteiger partial charge >= 0.3 is 0 Å². The molecule has 124 valence electrons. The highest BCUT2D eigenvalue weighted by Gasteiger charge is 2.34. The van der Waals surface area contributed by atoms with Gasteiger partial charge in [-0.1, -0.05) is 13.8 Å². The fraction of sp³-hybridized carbons (Fsp3) is 1.00. The van der Waals surface area contributed by atoms with Crippen LogP contribution in [-0.4, -0.2) is 65.8 Å². The zero-order chi connectivity index (χ0) is 15.7. The van der Waals surface area contributed by atoms with E-state index in [0.717, 1.165) is 39.3 Å². The molecule has 1 heterocycles. The summed E-state index contributed by atoms with van der Waals surface area (Å²) >= 11 is 0. The van der Waals surface area contributed by atoms with Crippen LogP contribution in [0.4, 0.5) is 0 Å². The molecule has 2 unspecified atom stereocenters. The van der Waals surface area contributed by atoms with E-state index >= 15 is 0 Å². The zero-order valence-electron chi connectivity index (χ0n) is 14.4. The summed E-state index contributed by atoms with van der Waals surface area (Å²) in [4.78, 5) is 4.95. The smallest absolute Gasteiger partial charge is 0.0718 e. The SMILES string of the molecule is CC(C)(O)CN1CCN(CC2CC(C)(C)CCC2N)CC1. The van der Waals surface area contributed by atoms with Crippen LogP contribution in [0.5, 0.6) is 0 Å². The molecule has 0 spiro atoms. The number of nitrogens with two attached hydrogens (primary N) is 1. The van der Waals surface area contributed by atoms with Gasteiger partial charge in [0.25, 0.3) is 0 Å². The van der Waals surface area contributed by atoms with Gasteiger partial charge in [-0.05, 0) is 44.4 Å². The maximum absolute atomic E-state index is 9.92. The van der Waals surface area contributed by atoms with Crippen LogP contribution >= 0.6 is 0 Å². The third-order valence-corrected chi connectivity index (χ3v) is 5.14. The van der Waals surface area contributed by atoms with Crippen molar-refractivity contribution in [3.05, 3.63) is 0 Å². The Morgan fingerprint density at radius 1 is 1.14 bits per heavy atom. The molecule has 2 atom stereocenters. The molecule has 0 bridgehead atoms. The van der Waals surface area contributed by atoms with Gasteiger partial charge in [0, 0.05) is 45.3 Å². The first-order chi connectivity index (χ1) is 9.65. The summed E-state index contributed by atoms with van der Waals surface area (Å²) in [6, 6.07) is 0.382. The van der Waals surface area contributed by atoms with Gasteiger partial charge in [0.2, 0.25) is 0 Å². The fourth-order valence-corrected chi connectivity index (χ4v) is 3.97. The molecule has 4 nitrogen and oxygen atoms in total. The molecule has 0 aromatic carbocycles. The predicted molar refractivity (Wildman–Crippen MR) is 88.3 cm³/mol. The van der Waals surface area contributed by atoms with Crippen LogP contribution in [0, 0.1) is 11.3 Å². The number of hydrogen-bond acceptors (Lipinski definition) is 4. The van der Waals surface area contributed by atoms with Crippen LogP contribution in [0.3, 0.4) is 0 Å². The Morgan fingerprint density at radius 3 is 2.29 bits per heavy atom. The van der Waals surface area contributed by atoms with E-state index in [9.17, 15) is 5.11 Å². The summed E-state index contributed by atoms with van der Waals surface area (Å²) in [7, 11) is 0. The Hall–Kier alpha value is -0.160. The molecule has 1 saturated heterocycles. The van der Waals surface area contributed by atoms with Gasteiger partial charge in [-0.2, -0.15) is 0 Å². The summed E-state index contributed by atoms with van der Waals surface area (Å²) < 4.78 is 0. The zero-order valence-corrected chi connectivity index (χ0v) is 14.4. The minimum Gasteiger partial charge on any atom is -0.389 e. The Bertz CT molecular complexity index is 329. The Morgan fingerprint density at radius 2 is 1.71 bits per heavy atom. The molecular formula is C17H35N3O. The van der Waals surface area contributed by atoms with E-state index in [2.05, 4.69) is 23.6 Å². The number of nitrogens with zero attached hydrogens (tertiary/aromatic N) is 2. The lowest BCUT2D eigenvalue weighted by Gasteiger charge is -2.43. The first-order valence-corrected chi connectivity index (χ1v) is 8.57. The predicted octanol–water partition coefficient (Wildman–Crippen LogP) is 1.53. The molecule has 1 aliphatic heterocycles. The van der Waals surface area contributed by atoms with Gasteiger partial charge in [0.15, 0.2) is 0 Å². The first-order valence-electron chi connectivity index (χ1n) is 8.57. The van der Waals surface area contributed by atoms with E-state index < -0.39 is 5.60 Å². The number of rotatable bonds is 4. The standard InChI is InChI=1S/C17H35N3O/c1-16(2)6-5-15(18)14(11-16)12-19-7-9-20(10-8-19)13-17(3,4)21/h14-15,21H,5-13,18H2,1-4H3. The maximum atomic E-state index is 9.92. The van der Waals surface area contributed by atoms with Crippen molar-refractivity contribution in [2.24, 2.45) is 17.1 Å². The quantitative estimate of drug-likeness (QED) is 0.826. The summed E-state index contributed by atoms with van der Waals surface area (Å²) in [5.41, 5.74) is 6.23. The third-order valence-electron chi connectivity index (χ3n) is 5.14. The van der Waals surface area contributed by atoms with E-state index in [-0.39, 0.29) is 0 Å². The summed E-state index contributed by atoms with van der Waals surface area (Å²) in [6.45, 7) is 14.8. The van der Waals surface area contributed by atoms with Crippen molar-refractivity contribution >= 4 is 0 Å². The Kier molecular flexibility index (Phi) is 5.35. The van der Waals surface area contributed by atoms with Crippen LogP contribution in [0.15, 0.2) is 0 Å². The molecule has 21 heavy (non-hydrogen) atoms. The van der Waals surface area contributed by atoms with E-state index in [4.69, 9.17) is 5.73 Å². The lowest BCUT2D eigenvalue weighted by Crippen LogP contribution is -2.53. The van der Waals surface area contributed by atoms with E-state index in [1.54, 1.807) is 0 Å². The van der Waals surface area contributed by atoms with Crippen molar-refractivity contribution in [1.82, 2.24) is 9.80 Å². The number of hydrogen-bond donors (Lipinski definition) is 2. The normalized spacial score (nSPS) is 32.3. The minimum atomic E-state index is -0.585. The largest absolute Gasteiger partial charge is 0.389 e. The Labute approximate surface area is 130 Å². The highest BCUT2D eigenvalue weighted by Crippen LogP contribution is 2.38. The second-order valence-corrected chi connectivity index (χ2v) is 8.72. The van der Waals surface area contributed by atoms with Crippen LogP contribution < -0.4 is 5.73 Å². The van der Waals surface area contributed by atoms with Crippen LogP contribution in [0.25, 0.3) is 0 Å². The topological polar surface area (TPSA) is 52.7 Å². The highest BCUT2D eigenvalue weighted by atomic mass is 16.3. The molecule has 2 rings (SSSR count). The van der Waals surface area contributed by atoms with Crippen LogP contribution in [0.1, 0.15) is 47.0 Å². The van der Waals surface area contributed by atoms with Gasteiger partial charge < -0.3 is 15.7 Å². The summed E-state index contributed by atoms with van der Waals surface area (Å²) in [6.07, 6.45) is 3.71. The minimum absolute atomic E-state index is 0.382. The van der Waals surface area contributed by atoms with E-state index in [0.29, 0.717) is 17.4 Å². The lowest BCUT2D eigenvalue weighted by molar-refractivity contribution is 0.0118. The third kappa shape index (κ3) is 5.51. The van der Waals surface area contributed by atoms with Gasteiger partial charge in [0.1, 0.15) is 0 Å². The number of β-amino-alcohol motifs (C(OH)–C–C–N with tert-alkyl or cyclic N) is 1. The van der Waals surface area contributed by atoms with Crippen LogP contribution in [-0.2, 0) is 0 Å². The second kappa shape index (κ2) is 6.53. The first kappa shape index (κ1) is 17.2. The monoisotopic (exact) mass is 297 g/mol. The van der Waals surface area contributed by atoms with Gasteiger partial charge in [0.05, 0.1) is 5.60 Å². The molecule has 0 aromatic heterocycles. The van der Waals surface area contributed by atoms with E-state index in [1.807, 2.05) is 13.8 Å². The van der Waals surface area contributed by atoms with Gasteiger partial charge in [-0.25, -0.2) is 0 Å². The number of aliphatic hydroxyl groups is 1. The molecule has 2 fully saturated rings. The Balaban J connectivity index is 1.78. The molecule has 4 heteroatoms. The average molecular weight is 297 g/mol. The second-order valence-electron chi connectivity index (χ2n) is 8.72. The molecule has 0 radical (unpaired) electrons. The van der Waals surface area contributed by atoms with Crippen molar-refractivity contribution in [3.8, 4) is 0 Å². The molecular weight excluding hydrogens is 262 g/mol. The van der Waals surface area contributed by atoms with Crippen molar-refractivity contribution in [2.75, 3.05) is 39.3 Å². The highest BCUT2D eigenvalue weighted by molar-refractivity contribution is 4.89. The van der Waals surface area contributed by atoms with Crippen molar-refractivity contribution < 1.29 is 5.11 Å². The van der Waals surface area contributed by atoms with Crippen molar-refractivity contribution in [2.45, 2.75) is 58.6 Å². The fourth-order valence-electron chi connectivity index (χ4n) is 3.97. The molecule has 1 saturated carbocycles. The average Bonchev–Trinajstić information content (AvgIpc) is 2.34. The maximum Gasteiger partial charge on any atom is 0.0718 e. The van der Waals surface area contributed by atoms with Crippen molar-refractivity contribution in [3.63, 3.8) is 0 Å². The summed E-state index contributed by atoms with van der Waals surface area (Å²) in [5, 5.41) is 9.92. The lowest BCUT2D eigenvalue weighted by atomic mass is 9.70. The molecule has 0 amide bonds. The molecule has 0 aromatic rings. The van der Waals surface area contributed by atoms with Crippen LogP contribution in [0.2, 0.25) is 0 Å². The molecule has 1 aliphatic carbocycles. The molecule has 2 aliphatic rings.